The molecule has 1 unspecified atom stereocenters. The number of hydrogen-bond donors (Lipinski definition) is 1. The molecule has 0 radical (unpaired) electrons. The molecule has 0 heterocycles. The van der Waals surface area contributed by atoms with Crippen LogP contribution in [0.1, 0.15) is 43.5 Å². The summed E-state index contributed by atoms with van der Waals surface area (Å²) in [5.74, 6) is 0.692. The number of nitrogens with one attached hydrogen (secondary N) is 1. The Morgan fingerprint density at radius 2 is 1.50 bits per heavy atom. The van der Waals surface area contributed by atoms with Crippen LogP contribution >= 0.6 is 0 Å². The van der Waals surface area contributed by atoms with Crippen LogP contribution < -0.4 is 5.32 Å². The molecule has 0 amide bonds. The van der Waals surface area contributed by atoms with Gasteiger partial charge in [-0.05, 0) is 36.0 Å². The third-order valence-electron chi connectivity index (χ3n) is 3.60. The molecule has 0 aromatic heterocycles. The lowest BCUT2D eigenvalue weighted by Crippen LogP contribution is -2.19. The smallest absolute Gasteiger partial charge is 0.0297 e. The average Bonchev–Trinajstić information content (AvgIpc) is 2.46. The van der Waals surface area contributed by atoms with Crippen molar-refractivity contribution in [3.63, 3.8) is 0 Å². The van der Waals surface area contributed by atoms with Gasteiger partial charge in [0.05, 0.1) is 0 Å². The number of benzene rings is 2. The van der Waals surface area contributed by atoms with Crippen LogP contribution in [0.3, 0.4) is 0 Å². The van der Waals surface area contributed by atoms with E-state index in [0.29, 0.717) is 12.0 Å². The molecule has 1 atom stereocenters. The zero-order valence-electron chi connectivity index (χ0n) is 12.8. The van der Waals surface area contributed by atoms with E-state index in [2.05, 4.69) is 80.7 Å². The van der Waals surface area contributed by atoms with Crippen LogP contribution in [-0.4, -0.2) is 0 Å². The van der Waals surface area contributed by atoms with Crippen molar-refractivity contribution >= 4 is 0 Å². The van der Waals surface area contributed by atoms with Crippen LogP contribution in [0, 0.1) is 5.92 Å². The van der Waals surface area contributed by atoms with Crippen LogP contribution in [0.15, 0.2) is 54.6 Å². The second kappa shape index (κ2) is 7.25. The van der Waals surface area contributed by atoms with Crippen LogP contribution in [0.4, 0.5) is 0 Å². The number of rotatable bonds is 6. The highest BCUT2D eigenvalue weighted by atomic mass is 14.9. The predicted octanol–water partition coefficient (Wildman–Crippen LogP) is 4.74. The molecule has 1 N–H and O–H groups in total. The molecule has 2 aromatic carbocycles. The van der Waals surface area contributed by atoms with Gasteiger partial charge in [0.25, 0.3) is 0 Å². The van der Waals surface area contributed by atoms with E-state index in [-0.39, 0.29) is 0 Å². The minimum Gasteiger partial charge on any atom is -0.306 e. The van der Waals surface area contributed by atoms with Crippen molar-refractivity contribution in [2.75, 3.05) is 0 Å². The fourth-order valence-electron chi connectivity index (χ4n) is 2.56. The van der Waals surface area contributed by atoms with Crippen molar-refractivity contribution < 1.29 is 0 Å². The average molecular weight is 267 g/mol. The Labute approximate surface area is 123 Å². The monoisotopic (exact) mass is 267 g/mol. The first-order chi connectivity index (χ1) is 9.66. The van der Waals surface area contributed by atoms with Crippen molar-refractivity contribution in [2.24, 2.45) is 5.92 Å². The van der Waals surface area contributed by atoms with E-state index in [1.54, 1.807) is 0 Å². The van der Waals surface area contributed by atoms with Gasteiger partial charge in [-0.3, -0.25) is 0 Å². The molecule has 2 rings (SSSR count). The van der Waals surface area contributed by atoms with Gasteiger partial charge in [-0.15, -0.1) is 0 Å². The van der Waals surface area contributed by atoms with Gasteiger partial charge in [-0.1, -0.05) is 68.4 Å². The zero-order chi connectivity index (χ0) is 14.4. The van der Waals surface area contributed by atoms with Gasteiger partial charge in [0.2, 0.25) is 0 Å². The summed E-state index contributed by atoms with van der Waals surface area (Å²) >= 11 is 0. The highest BCUT2D eigenvalue weighted by molar-refractivity contribution is 5.30. The first kappa shape index (κ1) is 14.8. The summed E-state index contributed by atoms with van der Waals surface area (Å²) in [4.78, 5) is 0. The Morgan fingerprint density at radius 1 is 0.850 bits per heavy atom. The van der Waals surface area contributed by atoms with E-state index in [1.807, 2.05) is 0 Å². The second-order valence-electron chi connectivity index (χ2n) is 5.88. The largest absolute Gasteiger partial charge is 0.306 e. The molecule has 0 saturated heterocycles. The van der Waals surface area contributed by atoms with E-state index < -0.39 is 0 Å². The second-order valence-corrected chi connectivity index (χ2v) is 5.88. The molecule has 0 aliphatic carbocycles. The van der Waals surface area contributed by atoms with Gasteiger partial charge in [0.15, 0.2) is 0 Å². The Hall–Kier alpha value is -1.60. The normalized spacial score (nSPS) is 12.6. The summed E-state index contributed by atoms with van der Waals surface area (Å²) < 4.78 is 0. The molecule has 106 valence electrons. The van der Waals surface area contributed by atoms with Gasteiger partial charge in [-0.25, -0.2) is 0 Å². The molecule has 1 nitrogen and oxygen atoms in total. The van der Waals surface area contributed by atoms with Crippen molar-refractivity contribution in [1.29, 1.82) is 0 Å². The molecule has 20 heavy (non-hydrogen) atoms. The summed E-state index contributed by atoms with van der Waals surface area (Å²) in [5.41, 5.74) is 4.23. The minimum atomic E-state index is 0.380. The summed E-state index contributed by atoms with van der Waals surface area (Å²) in [6.45, 7) is 7.72. The van der Waals surface area contributed by atoms with Crippen molar-refractivity contribution in [3.05, 3.63) is 71.3 Å². The summed E-state index contributed by atoms with van der Waals surface area (Å²) in [6.07, 6.45) is 1.15. The van der Waals surface area contributed by atoms with Crippen LogP contribution in [0.2, 0.25) is 0 Å². The third-order valence-corrected chi connectivity index (χ3v) is 3.60. The van der Waals surface area contributed by atoms with Crippen LogP contribution in [0.25, 0.3) is 0 Å². The van der Waals surface area contributed by atoms with Gasteiger partial charge < -0.3 is 5.32 Å². The Balaban J connectivity index is 2.03. The molecule has 0 spiro atoms. The van der Waals surface area contributed by atoms with Crippen molar-refractivity contribution in [2.45, 2.75) is 39.8 Å². The SMILES string of the molecule is CC(C)Cc1ccccc1C(C)NCc1ccccc1. The van der Waals surface area contributed by atoms with Crippen LogP contribution in [0.5, 0.6) is 0 Å². The van der Waals surface area contributed by atoms with Gasteiger partial charge in [0, 0.05) is 12.6 Å². The van der Waals surface area contributed by atoms with E-state index in [1.165, 1.54) is 16.7 Å². The maximum absolute atomic E-state index is 3.63. The highest BCUT2D eigenvalue weighted by Crippen LogP contribution is 2.21. The lowest BCUT2D eigenvalue weighted by atomic mass is 9.94. The molecular weight excluding hydrogens is 242 g/mol. The lowest BCUT2D eigenvalue weighted by Gasteiger charge is -2.19. The van der Waals surface area contributed by atoms with Gasteiger partial charge in [-0.2, -0.15) is 0 Å². The molecule has 1 heteroatoms. The first-order valence-corrected chi connectivity index (χ1v) is 7.52. The maximum atomic E-state index is 3.63. The predicted molar refractivity (Wildman–Crippen MR) is 86.7 cm³/mol. The molecule has 0 aliphatic rings. The van der Waals surface area contributed by atoms with E-state index in [0.717, 1.165) is 13.0 Å². The van der Waals surface area contributed by atoms with Crippen molar-refractivity contribution in [3.8, 4) is 0 Å². The van der Waals surface area contributed by atoms with Gasteiger partial charge in [0.1, 0.15) is 0 Å². The molecular formula is C19H25N. The Kier molecular flexibility index (Phi) is 5.37. The van der Waals surface area contributed by atoms with E-state index in [9.17, 15) is 0 Å². The van der Waals surface area contributed by atoms with Gasteiger partial charge >= 0.3 is 0 Å². The first-order valence-electron chi connectivity index (χ1n) is 7.52. The minimum absolute atomic E-state index is 0.380. The molecule has 0 fully saturated rings. The Bertz CT molecular complexity index is 516. The quantitative estimate of drug-likeness (QED) is 0.797. The summed E-state index contributed by atoms with van der Waals surface area (Å²) in [6, 6.07) is 19.7. The van der Waals surface area contributed by atoms with Crippen LogP contribution in [-0.2, 0) is 13.0 Å². The Morgan fingerprint density at radius 3 is 2.20 bits per heavy atom. The van der Waals surface area contributed by atoms with Crippen molar-refractivity contribution in [1.82, 2.24) is 5.32 Å². The maximum Gasteiger partial charge on any atom is 0.0297 e. The molecule has 0 aliphatic heterocycles. The highest BCUT2D eigenvalue weighted by Gasteiger charge is 2.10. The summed E-state index contributed by atoms with van der Waals surface area (Å²) in [7, 11) is 0. The standard InChI is InChI=1S/C19H25N/c1-15(2)13-18-11-7-8-12-19(18)16(3)20-14-17-9-5-4-6-10-17/h4-12,15-16,20H,13-14H2,1-3H3. The molecule has 0 bridgehead atoms. The molecule has 0 saturated carbocycles. The summed E-state index contributed by atoms with van der Waals surface area (Å²) in [5, 5.41) is 3.63. The number of hydrogen-bond acceptors (Lipinski definition) is 1. The topological polar surface area (TPSA) is 12.0 Å². The van der Waals surface area contributed by atoms with E-state index in [4.69, 9.17) is 0 Å². The molecule has 2 aromatic rings. The zero-order valence-corrected chi connectivity index (χ0v) is 12.8. The van der Waals surface area contributed by atoms with E-state index >= 15 is 0 Å². The fourth-order valence-corrected chi connectivity index (χ4v) is 2.56. The fraction of sp³-hybridized carbons (Fsp3) is 0.368. The third kappa shape index (κ3) is 4.21. The lowest BCUT2D eigenvalue weighted by molar-refractivity contribution is 0.561.